The van der Waals surface area contributed by atoms with E-state index in [1.54, 1.807) is 12.1 Å². The van der Waals surface area contributed by atoms with Crippen LogP contribution < -0.4 is 5.32 Å². The second kappa shape index (κ2) is 5.54. The highest BCUT2D eigenvalue weighted by Gasteiger charge is 2.25. The Labute approximate surface area is 115 Å². The molecule has 1 N–H and O–H groups in total. The van der Waals surface area contributed by atoms with E-state index in [2.05, 4.69) is 15.5 Å². The van der Waals surface area contributed by atoms with Crippen LogP contribution in [0.1, 0.15) is 19.4 Å². The highest BCUT2D eigenvalue weighted by atomic mass is 35.5. The minimum absolute atomic E-state index is 0.0295. The predicted molar refractivity (Wildman–Crippen MR) is 76.3 cm³/mol. The second-order valence-electron chi connectivity index (χ2n) is 3.85. The molecule has 0 aliphatic carbocycles. The molecule has 1 atom stereocenters. The average Bonchev–Trinajstić information content (AvgIpc) is 2.67. The number of hydrogen-bond acceptors (Lipinski definition) is 4. The zero-order valence-corrected chi connectivity index (χ0v) is 11.5. The lowest BCUT2D eigenvalue weighted by Crippen LogP contribution is -2.23. The van der Waals surface area contributed by atoms with Crippen LogP contribution >= 0.6 is 23.4 Å². The Morgan fingerprint density at radius 3 is 2.61 bits per heavy atom. The van der Waals surface area contributed by atoms with E-state index in [0.717, 1.165) is 11.3 Å². The summed E-state index contributed by atoms with van der Waals surface area (Å²) in [5, 5.41) is 11.9. The van der Waals surface area contributed by atoms with Crippen LogP contribution in [0.5, 0.6) is 0 Å². The number of carbonyl (C=O) groups excluding carboxylic acids is 1. The summed E-state index contributed by atoms with van der Waals surface area (Å²) >= 11 is 7.19. The predicted octanol–water partition coefficient (Wildman–Crippen LogP) is 2.67. The molecule has 0 aromatic heterocycles. The van der Waals surface area contributed by atoms with Gasteiger partial charge in [0.15, 0.2) is 5.17 Å². The number of amides is 1. The summed E-state index contributed by atoms with van der Waals surface area (Å²) < 4.78 is 0. The molecule has 1 aliphatic rings. The van der Waals surface area contributed by atoms with Crippen LogP contribution in [-0.2, 0) is 4.79 Å². The molecule has 1 aromatic rings. The van der Waals surface area contributed by atoms with E-state index < -0.39 is 0 Å². The average molecular weight is 282 g/mol. The van der Waals surface area contributed by atoms with Gasteiger partial charge in [-0.1, -0.05) is 35.5 Å². The van der Waals surface area contributed by atoms with Gasteiger partial charge < -0.3 is 5.32 Å². The lowest BCUT2D eigenvalue weighted by molar-refractivity contribution is -0.118. The number of amidine groups is 1. The molecule has 1 amide bonds. The van der Waals surface area contributed by atoms with E-state index in [0.29, 0.717) is 10.2 Å². The number of hydrogen-bond donors (Lipinski definition) is 1. The Morgan fingerprint density at radius 1 is 1.39 bits per heavy atom. The molecule has 0 radical (unpaired) electrons. The monoisotopic (exact) mass is 281 g/mol. The molecule has 0 saturated carbocycles. The molecule has 1 unspecified atom stereocenters. The van der Waals surface area contributed by atoms with Gasteiger partial charge in [-0.15, -0.1) is 5.10 Å². The summed E-state index contributed by atoms with van der Waals surface area (Å²) in [6, 6.07) is 7.36. The van der Waals surface area contributed by atoms with E-state index in [-0.39, 0.29) is 11.2 Å². The Kier molecular flexibility index (Phi) is 4.04. The third kappa shape index (κ3) is 3.11. The number of benzene rings is 1. The zero-order valence-electron chi connectivity index (χ0n) is 9.98. The maximum absolute atomic E-state index is 11.3. The summed E-state index contributed by atoms with van der Waals surface area (Å²) in [4.78, 5) is 11.3. The van der Waals surface area contributed by atoms with Crippen molar-refractivity contribution in [1.29, 1.82) is 0 Å². The first kappa shape index (κ1) is 13.1. The van der Waals surface area contributed by atoms with Crippen LogP contribution in [-0.4, -0.2) is 22.0 Å². The Balaban J connectivity index is 2.12. The third-order valence-electron chi connectivity index (χ3n) is 2.44. The van der Waals surface area contributed by atoms with Gasteiger partial charge in [-0.3, -0.25) is 4.79 Å². The highest BCUT2D eigenvalue weighted by molar-refractivity contribution is 8.15. The SMILES string of the molecule is C/C(=N\N=C1\NC(=O)C(C)S1)c1ccc(Cl)cc1. The minimum atomic E-state index is -0.102. The lowest BCUT2D eigenvalue weighted by atomic mass is 10.1. The van der Waals surface area contributed by atoms with Gasteiger partial charge in [0.1, 0.15) is 0 Å². The van der Waals surface area contributed by atoms with Gasteiger partial charge in [0.05, 0.1) is 11.0 Å². The zero-order chi connectivity index (χ0) is 13.1. The third-order valence-corrected chi connectivity index (χ3v) is 3.67. The van der Waals surface area contributed by atoms with E-state index in [1.807, 2.05) is 26.0 Å². The molecule has 0 spiro atoms. The number of thioether (sulfide) groups is 1. The van der Waals surface area contributed by atoms with Gasteiger partial charge in [-0.05, 0) is 31.5 Å². The number of rotatable bonds is 2. The van der Waals surface area contributed by atoms with Gasteiger partial charge in [0, 0.05) is 5.02 Å². The van der Waals surface area contributed by atoms with Crippen LogP contribution in [0.15, 0.2) is 34.5 Å². The van der Waals surface area contributed by atoms with Crippen molar-refractivity contribution < 1.29 is 4.79 Å². The van der Waals surface area contributed by atoms with Crippen molar-refractivity contribution in [3.05, 3.63) is 34.9 Å². The molecule has 18 heavy (non-hydrogen) atoms. The van der Waals surface area contributed by atoms with Crippen LogP contribution in [0, 0.1) is 0 Å². The van der Waals surface area contributed by atoms with Gasteiger partial charge in [-0.25, -0.2) is 0 Å². The van der Waals surface area contributed by atoms with Crippen LogP contribution in [0.3, 0.4) is 0 Å². The fourth-order valence-electron chi connectivity index (χ4n) is 1.38. The molecular weight excluding hydrogens is 270 g/mol. The number of halogens is 1. The number of nitrogens with one attached hydrogen (secondary N) is 1. The number of nitrogens with zero attached hydrogens (tertiary/aromatic N) is 2. The molecule has 1 saturated heterocycles. The van der Waals surface area contributed by atoms with E-state index in [4.69, 9.17) is 11.6 Å². The molecule has 2 rings (SSSR count). The molecule has 6 heteroatoms. The molecular formula is C12H12ClN3OS. The summed E-state index contributed by atoms with van der Waals surface area (Å²) in [7, 11) is 0. The van der Waals surface area contributed by atoms with Crippen molar-refractivity contribution in [3.8, 4) is 0 Å². The van der Waals surface area contributed by atoms with E-state index in [1.165, 1.54) is 11.8 Å². The van der Waals surface area contributed by atoms with Gasteiger partial charge in [0.2, 0.25) is 5.91 Å². The van der Waals surface area contributed by atoms with Crippen molar-refractivity contribution in [2.45, 2.75) is 19.1 Å². The first-order valence-corrected chi connectivity index (χ1v) is 6.68. The molecule has 1 aromatic carbocycles. The lowest BCUT2D eigenvalue weighted by Gasteiger charge is -1.98. The Hall–Kier alpha value is -1.33. The number of carbonyl (C=O) groups is 1. The van der Waals surface area contributed by atoms with Gasteiger partial charge in [-0.2, -0.15) is 5.10 Å². The van der Waals surface area contributed by atoms with Crippen molar-refractivity contribution >= 4 is 40.1 Å². The largest absolute Gasteiger partial charge is 0.303 e. The second-order valence-corrected chi connectivity index (χ2v) is 5.61. The summed E-state index contributed by atoms with van der Waals surface area (Å²) in [5.74, 6) is -0.0295. The van der Waals surface area contributed by atoms with Crippen LogP contribution in [0.25, 0.3) is 0 Å². The Bertz CT molecular complexity index is 525. The molecule has 1 fully saturated rings. The Morgan fingerprint density at radius 2 is 2.06 bits per heavy atom. The fourth-order valence-corrected chi connectivity index (χ4v) is 2.25. The smallest absolute Gasteiger partial charge is 0.239 e. The molecule has 1 heterocycles. The minimum Gasteiger partial charge on any atom is -0.303 e. The van der Waals surface area contributed by atoms with E-state index in [9.17, 15) is 4.79 Å². The maximum atomic E-state index is 11.3. The van der Waals surface area contributed by atoms with Gasteiger partial charge in [0.25, 0.3) is 0 Å². The molecule has 94 valence electrons. The van der Waals surface area contributed by atoms with Crippen LogP contribution in [0.4, 0.5) is 0 Å². The summed E-state index contributed by atoms with van der Waals surface area (Å²) in [6.07, 6.45) is 0. The summed E-state index contributed by atoms with van der Waals surface area (Å²) in [5.41, 5.74) is 1.72. The van der Waals surface area contributed by atoms with Crippen molar-refractivity contribution in [2.75, 3.05) is 0 Å². The van der Waals surface area contributed by atoms with Crippen molar-refractivity contribution in [1.82, 2.24) is 5.32 Å². The normalized spacial score (nSPS) is 22.4. The summed E-state index contributed by atoms with van der Waals surface area (Å²) in [6.45, 7) is 3.69. The van der Waals surface area contributed by atoms with Crippen LogP contribution in [0.2, 0.25) is 5.02 Å². The van der Waals surface area contributed by atoms with E-state index >= 15 is 0 Å². The molecule has 0 bridgehead atoms. The first-order valence-electron chi connectivity index (χ1n) is 5.42. The van der Waals surface area contributed by atoms with Crippen molar-refractivity contribution in [2.24, 2.45) is 10.2 Å². The standard InChI is InChI=1S/C12H12ClN3OS/c1-7(9-3-5-10(13)6-4-9)15-16-12-14-11(17)8(2)18-12/h3-6,8H,1-2H3,(H,14,16,17)/b15-7+. The fraction of sp³-hybridized carbons (Fsp3) is 0.250. The highest BCUT2D eigenvalue weighted by Crippen LogP contribution is 2.18. The first-order chi connectivity index (χ1) is 8.56. The van der Waals surface area contributed by atoms with Crippen molar-refractivity contribution in [3.63, 3.8) is 0 Å². The van der Waals surface area contributed by atoms with Gasteiger partial charge >= 0.3 is 0 Å². The molecule has 1 aliphatic heterocycles. The topological polar surface area (TPSA) is 53.8 Å². The maximum Gasteiger partial charge on any atom is 0.239 e. The molecule has 4 nitrogen and oxygen atoms in total. The quantitative estimate of drug-likeness (QED) is 0.669.